The Morgan fingerprint density at radius 3 is 2.21 bits per heavy atom. The van der Waals surface area contributed by atoms with E-state index in [1.54, 1.807) is 0 Å². The molecule has 2 aliphatic rings. The van der Waals surface area contributed by atoms with E-state index < -0.39 is 17.6 Å². The Hall–Kier alpha value is -3.35. The van der Waals surface area contributed by atoms with Crippen LogP contribution in [0.5, 0.6) is 0 Å². The summed E-state index contributed by atoms with van der Waals surface area (Å²) in [5.41, 5.74) is 4.09. The number of benzene rings is 2. The molecule has 2 amide bonds. The molecule has 1 saturated carbocycles. The van der Waals surface area contributed by atoms with Crippen LogP contribution in [0.15, 0.2) is 48.5 Å². The van der Waals surface area contributed by atoms with E-state index in [2.05, 4.69) is 34.9 Å². The lowest BCUT2D eigenvalue weighted by molar-refractivity contribution is -0.138. The summed E-state index contributed by atoms with van der Waals surface area (Å²) in [4.78, 5) is 35.7. The highest BCUT2D eigenvalue weighted by atomic mass is 16.5. The maximum atomic E-state index is 12.4. The van der Waals surface area contributed by atoms with Crippen molar-refractivity contribution in [2.24, 2.45) is 5.92 Å². The van der Waals surface area contributed by atoms with Crippen molar-refractivity contribution in [1.29, 1.82) is 0 Å². The van der Waals surface area contributed by atoms with E-state index in [-0.39, 0.29) is 37.2 Å². The average molecular weight is 451 g/mol. The summed E-state index contributed by atoms with van der Waals surface area (Å²) in [5.74, 6) is -1.13. The van der Waals surface area contributed by atoms with Gasteiger partial charge in [-0.25, -0.2) is 4.79 Å². The predicted octanol–water partition coefficient (Wildman–Crippen LogP) is 4.06. The van der Waals surface area contributed by atoms with Crippen molar-refractivity contribution in [2.45, 2.75) is 50.5 Å². The topological polar surface area (TPSA) is 105 Å². The molecule has 33 heavy (non-hydrogen) atoms. The highest BCUT2D eigenvalue weighted by molar-refractivity contribution is 5.80. The molecule has 174 valence electrons. The van der Waals surface area contributed by atoms with E-state index in [1.165, 1.54) is 11.1 Å². The quantitative estimate of drug-likeness (QED) is 0.506. The number of carbonyl (C=O) groups is 3. The monoisotopic (exact) mass is 450 g/mol. The molecule has 1 fully saturated rings. The summed E-state index contributed by atoms with van der Waals surface area (Å²) in [5, 5.41) is 14.7. The van der Waals surface area contributed by atoms with Crippen LogP contribution in [-0.2, 0) is 14.3 Å². The highest BCUT2D eigenvalue weighted by Crippen LogP contribution is 2.44. The molecule has 0 spiro atoms. The van der Waals surface area contributed by atoms with Crippen LogP contribution in [0.4, 0.5) is 4.79 Å². The lowest BCUT2D eigenvalue weighted by atomic mass is 9.98. The molecule has 7 nitrogen and oxygen atoms in total. The number of alkyl carbamates (subject to hydrolysis) is 1. The minimum absolute atomic E-state index is 0.000124. The van der Waals surface area contributed by atoms with Gasteiger partial charge in [-0.3, -0.25) is 9.59 Å². The number of fused-ring (bicyclic) bond motifs is 3. The summed E-state index contributed by atoms with van der Waals surface area (Å²) < 4.78 is 5.56. The molecule has 0 heterocycles. The summed E-state index contributed by atoms with van der Waals surface area (Å²) in [6.45, 7) is 2.53. The van der Waals surface area contributed by atoms with E-state index in [0.717, 1.165) is 11.1 Å². The average Bonchev–Trinajstić information content (AvgIpc) is 3.46. The third kappa shape index (κ3) is 5.35. The second kappa shape index (κ2) is 9.65. The molecule has 1 unspecified atom stereocenters. The first kappa shape index (κ1) is 22.8. The maximum Gasteiger partial charge on any atom is 0.407 e. The first-order valence-corrected chi connectivity index (χ1v) is 11.5. The van der Waals surface area contributed by atoms with Crippen LogP contribution in [0.25, 0.3) is 11.1 Å². The van der Waals surface area contributed by atoms with Gasteiger partial charge in [0.25, 0.3) is 0 Å². The molecule has 4 rings (SSSR count). The Labute approximate surface area is 193 Å². The number of hydrogen-bond acceptors (Lipinski definition) is 4. The van der Waals surface area contributed by atoms with Gasteiger partial charge in [-0.2, -0.15) is 0 Å². The number of amides is 2. The van der Waals surface area contributed by atoms with Crippen molar-refractivity contribution < 1.29 is 24.2 Å². The van der Waals surface area contributed by atoms with E-state index in [1.807, 2.05) is 31.2 Å². The Kier molecular flexibility index (Phi) is 6.67. The first-order chi connectivity index (χ1) is 15.9. The van der Waals surface area contributed by atoms with Crippen molar-refractivity contribution in [3.8, 4) is 11.1 Å². The molecule has 0 aromatic heterocycles. The first-order valence-electron chi connectivity index (χ1n) is 11.5. The van der Waals surface area contributed by atoms with Gasteiger partial charge < -0.3 is 20.5 Å². The number of nitrogens with one attached hydrogen (secondary N) is 2. The number of ether oxygens (including phenoxy) is 1. The lowest BCUT2D eigenvalue weighted by Crippen LogP contribution is -2.40. The van der Waals surface area contributed by atoms with E-state index >= 15 is 0 Å². The van der Waals surface area contributed by atoms with Gasteiger partial charge in [0.15, 0.2) is 0 Å². The second-order valence-corrected chi connectivity index (χ2v) is 9.08. The Morgan fingerprint density at radius 2 is 1.67 bits per heavy atom. The third-order valence-electron chi connectivity index (χ3n) is 6.68. The van der Waals surface area contributed by atoms with Gasteiger partial charge in [0.05, 0.1) is 12.0 Å². The lowest BCUT2D eigenvalue weighted by Gasteiger charge is -2.19. The smallest absolute Gasteiger partial charge is 0.407 e. The minimum atomic E-state index is -0.906. The van der Waals surface area contributed by atoms with Crippen LogP contribution >= 0.6 is 0 Å². The van der Waals surface area contributed by atoms with Crippen molar-refractivity contribution in [1.82, 2.24) is 10.6 Å². The zero-order valence-corrected chi connectivity index (χ0v) is 18.8. The van der Waals surface area contributed by atoms with Gasteiger partial charge in [-0.15, -0.1) is 0 Å². The number of carboxylic acid groups (broad SMARTS) is 1. The number of aliphatic carboxylic acids is 1. The normalized spacial score (nSPS) is 16.3. The Morgan fingerprint density at radius 1 is 1.06 bits per heavy atom. The summed E-state index contributed by atoms with van der Waals surface area (Å²) in [6.07, 6.45) is 1.79. The van der Waals surface area contributed by atoms with Crippen molar-refractivity contribution in [3.05, 3.63) is 59.7 Å². The van der Waals surface area contributed by atoms with Crippen molar-refractivity contribution in [3.63, 3.8) is 0 Å². The number of hydrogen-bond donors (Lipinski definition) is 3. The molecule has 0 radical (unpaired) electrons. The van der Waals surface area contributed by atoms with Gasteiger partial charge in [0.1, 0.15) is 6.61 Å². The van der Waals surface area contributed by atoms with Gasteiger partial charge in [0, 0.05) is 18.9 Å². The van der Waals surface area contributed by atoms with Gasteiger partial charge >= 0.3 is 12.1 Å². The standard InChI is InChI=1S/C26H30N2O5/c1-2-17(13-23(29)28-26(11-12-26)14-24(30)31)15-27-25(32)33-16-22-20-9-5-3-7-18(20)19-8-4-6-10-21(19)22/h3-10,17,22H,2,11-16H2,1H3,(H,27,32)(H,28,29)(H,30,31). The van der Waals surface area contributed by atoms with Crippen LogP contribution in [0.3, 0.4) is 0 Å². The minimum Gasteiger partial charge on any atom is -0.481 e. The number of carbonyl (C=O) groups excluding carboxylic acids is 2. The molecule has 0 aliphatic heterocycles. The Bertz CT molecular complexity index is 1000. The molecule has 0 saturated heterocycles. The Balaban J connectivity index is 1.26. The summed E-state index contributed by atoms with van der Waals surface area (Å²) >= 11 is 0. The molecular formula is C26H30N2O5. The third-order valence-corrected chi connectivity index (χ3v) is 6.68. The second-order valence-electron chi connectivity index (χ2n) is 9.08. The molecule has 3 N–H and O–H groups in total. The molecule has 1 atom stereocenters. The van der Waals surface area contributed by atoms with Crippen molar-refractivity contribution >= 4 is 18.0 Å². The van der Waals surface area contributed by atoms with Crippen molar-refractivity contribution in [2.75, 3.05) is 13.2 Å². The highest BCUT2D eigenvalue weighted by Gasteiger charge is 2.45. The number of rotatable bonds is 10. The van der Waals surface area contributed by atoms with Crippen LogP contribution < -0.4 is 10.6 Å². The fourth-order valence-corrected chi connectivity index (χ4v) is 4.63. The van der Waals surface area contributed by atoms with E-state index in [9.17, 15) is 14.4 Å². The molecule has 0 bridgehead atoms. The zero-order chi connectivity index (χ0) is 23.4. The van der Waals surface area contributed by atoms with Crippen LogP contribution in [0.1, 0.15) is 56.1 Å². The summed E-state index contributed by atoms with van der Waals surface area (Å²) in [6, 6.07) is 16.3. The maximum absolute atomic E-state index is 12.4. The fourth-order valence-electron chi connectivity index (χ4n) is 4.63. The van der Waals surface area contributed by atoms with Gasteiger partial charge in [-0.1, -0.05) is 61.9 Å². The molecule has 7 heteroatoms. The van der Waals surface area contributed by atoms with Gasteiger partial charge in [0.2, 0.25) is 5.91 Å². The predicted molar refractivity (Wildman–Crippen MR) is 124 cm³/mol. The van der Waals surface area contributed by atoms with Crippen LogP contribution in [0, 0.1) is 5.92 Å². The molecular weight excluding hydrogens is 420 g/mol. The molecule has 2 aliphatic carbocycles. The zero-order valence-electron chi connectivity index (χ0n) is 18.8. The van der Waals surface area contributed by atoms with Gasteiger partial charge in [-0.05, 0) is 41.0 Å². The fraction of sp³-hybridized carbons (Fsp3) is 0.423. The molecule has 2 aromatic carbocycles. The van der Waals surface area contributed by atoms with Crippen LogP contribution in [0.2, 0.25) is 0 Å². The molecule has 2 aromatic rings. The SMILES string of the molecule is CCC(CNC(=O)OCC1c2ccccc2-c2ccccc21)CC(=O)NC1(CC(=O)O)CC1. The van der Waals surface area contributed by atoms with E-state index in [4.69, 9.17) is 9.84 Å². The van der Waals surface area contributed by atoms with Crippen LogP contribution in [-0.4, -0.2) is 41.8 Å². The summed E-state index contributed by atoms with van der Waals surface area (Å²) in [7, 11) is 0. The largest absolute Gasteiger partial charge is 0.481 e. The number of carboxylic acids is 1. The van der Waals surface area contributed by atoms with E-state index in [0.29, 0.717) is 25.8 Å².